The lowest BCUT2D eigenvalue weighted by atomic mass is 10.2. The summed E-state index contributed by atoms with van der Waals surface area (Å²) >= 11 is 0. The van der Waals surface area contributed by atoms with E-state index in [1.807, 2.05) is 25.1 Å². The number of aryl methyl sites for hydroxylation is 1. The Bertz CT molecular complexity index is 498. The van der Waals surface area contributed by atoms with Crippen LogP contribution in [0, 0.1) is 12.8 Å². The highest BCUT2D eigenvalue weighted by Crippen LogP contribution is 2.24. The van der Waals surface area contributed by atoms with Crippen molar-refractivity contribution >= 4 is 5.82 Å². The van der Waals surface area contributed by atoms with E-state index in [-0.39, 0.29) is 0 Å². The van der Waals surface area contributed by atoms with Crippen LogP contribution < -0.4 is 5.73 Å². The maximum Gasteiger partial charge on any atom is 0.141 e. The van der Waals surface area contributed by atoms with Gasteiger partial charge < -0.3 is 10.3 Å². The van der Waals surface area contributed by atoms with E-state index in [4.69, 9.17) is 5.73 Å². The lowest BCUT2D eigenvalue weighted by molar-refractivity contribution is 0.531. The third-order valence-electron chi connectivity index (χ3n) is 2.77. The molecule has 90 valence electrons. The van der Waals surface area contributed by atoms with E-state index in [1.54, 1.807) is 0 Å². The lowest BCUT2D eigenvalue weighted by Gasteiger charge is -2.12. The van der Waals surface area contributed by atoms with Crippen molar-refractivity contribution in [2.24, 2.45) is 5.92 Å². The molecule has 2 N–H and O–H groups in total. The van der Waals surface area contributed by atoms with Gasteiger partial charge in [-0.05, 0) is 12.8 Å². The van der Waals surface area contributed by atoms with Gasteiger partial charge in [-0.3, -0.25) is 0 Å². The number of benzene rings is 1. The summed E-state index contributed by atoms with van der Waals surface area (Å²) in [5.74, 6) is 2.29. The number of hydrogen-bond acceptors (Lipinski definition) is 2. The molecule has 2 rings (SSSR count). The number of nitrogens with zero attached hydrogens (tertiary/aromatic N) is 2. The minimum absolute atomic E-state index is 0.549. The first kappa shape index (κ1) is 11.7. The summed E-state index contributed by atoms with van der Waals surface area (Å²) in [7, 11) is 0. The minimum atomic E-state index is 0.549. The van der Waals surface area contributed by atoms with E-state index >= 15 is 0 Å². The van der Waals surface area contributed by atoms with Crippen molar-refractivity contribution in [1.82, 2.24) is 9.55 Å². The van der Waals surface area contributed by atoms with Gasteiger partial charge in [0.2, 0.25) is 0 Å². The Morgan fingerprint density at radius 3 is 2.47 bits per heavy atom. The summed E-state index contributed by atoms with van der Waals surface area (Å²) in [5, 5.41) is 0. The van der Waals surface area contributed by atoms with Crippen LogP contribution in [0.3, 0.4) is 0 Å². The van der Waals surface area contributed by atoms with E-state index in [9.17, 15) is 0 Å². The smallest absolute Gasteiger partial charge is 0.141 e. The largest absolute Gasteiger partial charge is 0.384 e. The maximum absolute atomic E-state index is 6.09. The number of rotatable bonds is 3. The van der Waals surface area contributed by atoms with Gasteiger partial charge in [0.25, 0.3) is 0 Å². The number of nitrogens with two attached hydrogens (primary N) is 1. The molecular formula is C14H19N3. The van der Waals surface area contributed by atoms with Gasteiger partial charge in [-0.25, -0.2) is 4.98 Å². The van der Waals surface area contributed by atoms with E-state index in [2.05, 4.69) is 35.5 Å². The molecule has 3 heteroatoms. The Hall–Kier alpha value is -1.77. The second-order valence-corrected chi connectivity index (χ2v) is 4.78. The first-order valence-electron chi connectivity index (χ1n) is 5.97. The van der Waals surface area contributed by atoms with Crippen molar-refractivity contribution in [3.8, 4) is 11.4 Å². The second kappa shape index (κ2) is 4.62. The average molecular weight is 229 g/mol. The van der Waals surface area contributed by atoms with Crippen molar-refractivity contribution in [2.75, 3.05) is 5.73 Å². The van der Waals surface area contributed by atoms with Crippen LogP contribution in [-0.2, 0) is 6.54 Å². The number of imidazole rings is 1. The molecule has 17 heavy (non-hydrogen) atoms. The molecule has 0 radical (unpaired) electrons. The van der Waals surface area contributed by atoms with E-state index in [0.29, 0.717) is 5.92 Å². The lowest BCUT2D eigenvalue weighted by Crippen LogP contribution is -2.09. The van der Waals surface area contributed by atoms with Crippen molar-refractivity contribution in [3.05, 3.63) is 36.0 Å². The quantitative estimate of drug-likeness (QED) is 0.879. The third-order valence-corrected chi connectivity index (χ3v) is 2.77. The molecule has 1 aromatic heterocycles. The zero-order chi connectivity index (χ0) is 12.4. The minimum Gasteiger partial charge on any atom is -0.384 e. The van der Waals surface area contributed by atoms with Gasteiger partial charge >= 0.3 is 0 Å². The molecule has 0 aliphatic rings. The number of anilines is 1. The highest BCUT2D eigenvalue weighted by molar-refractivity contribution is 5.60. The van der Waals surface area contributed by atoms with Crippen LogP contribution in [0.5, 0.6) is 0 Å². The molecule has 0 unspecified atom stereocenters. The van der Waals surface area contributed by atoms with E-state index < -0.39 is 0 Å². The summed E-state index contributed by atoms with van der Waals surface area (Å²) in [6, 6.07) is 10.2. The van der Waals surface area contributed by atoms with Gasteiger partial charge in [0, 0.05) is 12.1 Å². The molecule has 1 aromatic carbocycles. The molecular weight excluding hydrogens is 210 g/mol. The van der Waals surface area contributed by atoms with Gasteiger partial charge in [0.15, 0.2) is 0 Å². The van der Waals surface area contributed by atoms with Gasteiger partial charge in [0.05, 0.1) is 5.69 Å². The normalized spacial score (nSPS) is 11.1. The first-order valence-corrected chi connectivity index (χ1v) is 5.97. The summed E-state index contributed by atoms with van der Waals surface area (Å²) in [4.78, 5) is 4.57. The molecule has 0 fully saturated rings. The topological polar surface area (TPSA) is 43.8 Å². The molecule has 3 nitrogen and oxygen atoms in total. The van der Waals surface area contributed by atoms with Crippen LogP contribution in [0.25, 0.3) is 11.4 Å². The van der Waals surface area contributed by atoms with Crippen LogP contribution in [0.2, 0.25) is 0 Å². The van der Waals surface area contributed by atoms with Gasteiger partial charge in [-0.2, -0.15) is 0 Å². The molecule has 0 saturated heterocycles. The Labute approximate surface area is 102 Å². The average Bonchev–Trinajstić information content (AvgIpc) is 2.58. The van der Waals surface area contributed by atoms with Crippen LogP contribution in [0.1, 0.15) is 19.5 Å². The van der Waals surface area contributed by atoms with Crippen molar-refractivity contribution in [3.63, 3.8) is 0 Å². The molecule has 0 bridgehead atoms. The highest BCUT2D eigenvalue weighted by Gasteiger charge is 2.13. The van der Waals surface area contributed by atoms with Crippen molar-refractivity contribution in [2.45, 2.75) is 27.3 Å². The molecule has 0 saturated carbocycles. The molecule has 0 spiro atoms. The first-order chi connectivity index (χ1) is 8.09. The SMILES string of the molecule is Cc1nc(-c2ccccc2)n(CC(C)C)c1N. The monoisotopic (exact) mass is 229 g/mol. The third kappa shape index (κ3) is 2.33. The second-order valence-electron chi connectivity index (χ2n) is 4.78. The van der Waals surface area contributed by atoms with Crippen LogP contribution in [0.4, 0.5) is 5.82 Å². The summed E-state index contributed by atoms with van der Waals surface area (Å²) in [5.41, 5.74) is 8.11. The zero-order valence-electron chi connectivity index (χ0n) is 10.6. The van der Waals surface area contributed by atoms with Crippen molar-refractivity contribution in [1.29, 1.82) is 0 Å². The molecule has 0 amide bonds. The number of nitrogen functional groups attached to an aromatic ring is 1. The van der Waals surface area contributed by atoms with Gasteiger partial charge in [-0.1, -0.05) is 44.2 Å². The molecule has 0 aliphatic carbocycles. The molecule has 0 aliphatic heterocycles. The van der Waals surface area contributed by atoms with Crippen LogP contribution in [-0.4, -0.2) is 9.55 Å². The van der Waals surface area contributed by atoms with Gasteiger partial charge in [-0.15, -0.1) is 0 Å². The standard InChI is InChI=1S/C14H19N3/c1-10(2)9-17-13(15)11(3)16-14(17)12-7-5-4-6-8-12/h4-8,10H,9,15H2,1-3H3. The Kier molecular flexibility index (Phi) is 3.18. The number of hydrogen-bond donors (Lipinski definition) is 1. The molecule has 1 heterocycles. The molecule has 0 atom stereocenters. The predicted molar refractivity (Wildman–Crippen MR) is 71.7 cm³/mol. The van der Waals surface area contributed by atoms with E-state index in [1.165, 1.54) is 0 Å². The Morgan fingerprint density at radius 1 is 1.24 bits per heavy atom. The van der Waals surface area contributed by atoms with Crippen LogP contribution >= 0.6 is 0 Å². The summed E-state index contributed by atoms with van der Waals surface area (Å²) in [6.45, 7) is 7.22. The van der Waals surface area contributed by atoms with E-state index in [0.717, 1.165) is 29.4 Å². The summed E-state index contributed by atoms with van der Waals surface area (Å²) < 4.78 is 2.11. The Balaban J connectivity index is 2.50. The summed E-state index contributed by atoms with van der Waals surface area (Å²) in [6.07, 6.45) is 0. The fourth-order valence-electron chi connectivity index (χ4n) is 1.94. The van der Waals surface area contributed by atoms with Crippen molar-refractivity contribution < 1.29 is 0 Å². The number of aromatic nitrogens is 2. The van der Waals surface area contributed by atoms with Gasteiger partial charge in [0.1, 0.15) is 11.6 Å². The fourth-order valence-corrected chi connectivity index (χ4v) is 1.94. The van der Waals surface area contributed by atoms with Crippen LogP contribution in [0.15, 0.2) is 30.3 Å². The Morgan fingerprint density at radius 2 is 1.88 bits per heavy atom. The highest BCUT2D eigenvalue weighted by atomic mass is 15.1. The zero-order valence-corrected chi connectivity index (χ0v) is 10.6. The predicted octanol–water partition coefficient (Wildman–Crippen LogP) is 3.10. The fraction of sp³-hybridized carbons (Fsp3) is 0.357. The maximum atomic E-state index is 6.09. The molecule has 2 aromatic rings.